The van der Waals surface area contributed by atoms with E-state index in [4.69, 9.17) is 4.74 Å². The monoisotopic (exact) mass is 261 g/mol. The minimum Gasteiger partial charge on any atom is -0.550 e. The van der Waals surface area contributed by atoms with E-state index in [-0.39, 0.29) is 40.3 Å². The summed E-state index contributed by atoms with van der Waals surface area (Å²) in [7, 11) is 0. The van der Waals surface area contributed by atoms with Gasteiger partial charge in [-0.1, -0.05) is 6.58 Å². The van der Waals surface area contributed by atoms with Crippen molar-refractivity contribution in [1.29, 1.82) is 0 Å². The number of carbonyl (C=O) groups excluding carboxylic acids is 3. The fourth-order valence-corrected chi connectivity index (χ4v) is 0.807. The van der Waals surface area contributed by atoms with E-state index < -0.39 is 24.1 Å². The molecule has 0 N–H and O–H groups in total. The first-order valence-electron chi connectivity index (χ1n) is 4.47. The second-order valence-electron chi connectivity index (χ2n) is 3.11. The Morgan fingerprint density at radius 3 is 2.31 bits per heavy atom. The number of rotatable bonds is 7. The topological polar surface area (TPSA) is 83.5 Å². The zero-order chi connectivity index (χ0) is 11.8. The largest absolute Gasteiger partial charge is 1.00 e. The van der Waals surface area contributed by atoms with Gasteiger partial charge in [-0.05, 0) is 13.3 Å². The van der Waals surface area contributed by atoms with E-state index in [0.717, 1.165) is 0 Å². The Morgan fingerprint density at radius 1 is 1.31 bits per heavy atom. The molecule has 0 fully saturated rings. The van der Waals surface area contributed by atoms with Crippen LogP contribution in [-0.2, 0) is 40.8 Å². The van der Waals surface area contributed by atoms with E-state index in [2.05, 4.69) is 6.58 Å². The Hall–Kier alpha value is -0.936. The van der Waals surface area contributed by atoms with Crippen LogP contribution in [0.25, 0.3) is 0 Å². The SMILES string of the molecule is C=C(C)C(=O)OCCCC(=O)CC(=O)[O-].[Ti+]. The summed E-state index contributed by atoms with van der Waals surface area (Å²) in [6, 6.07) is 0. The number of esters is 1. The van der Waals surface area contributed by atoms with Crippen molar-refractivity contribution >= 4 is 17.7 Å². The third-order valence-electron chi connectivity index (χ3n) is 1.52. The number of hydrogen-bond donors (Lipinski definition) is 0. The van der Waals surface area contributed by atoms with Crippen molar-refractivity contribution in [2.75, 3.05) is 6.61 Å². The number of carbonyl (C=O) groups is 3. The molecule has 0 saturated heterocycles. The molecule has 0 saturated carbocycles. The predicted octanol–water partition coefficient (Wildman–Crippen LogP) is -0.407. The minimum atomic E-state index is -1.39. The first kappa shape index (κ1) is 17.5. The molecule has 0 aromatic rings. The standard InChI is InChI=1S/C10H14O5.Ti/c1-7(2)10(14)15-5-3-4-8(11)6-9(12)13;/h1,3-6H2,2H3,(H,12,13);/q;+1/p-1. The van der Waals surface area contributed by atoms with Crippen molar-refractivity contribution in [3.05, 3.63) is 12.2 Å². The Kier molecular flexibility index (Phi) is 10.1. The van der Waals surface area contributed by atoms with Crippen molar-refractivity contribution in [2.24, 2.45) is 0 Å². The summed E-state index contributed by atoms with van der Waals surface area (Å²) in [5.41, 5.74) is 0.288. The number of carboxylic acids is 1. The molecule has 0 heterocycles. The van der Waals surface area contributed by atoms with Gasteiger partial charge >= 0.3 is 27.7 Å². The van der Waals surface area contributed by atoms with Crippen LogP contribution in [0.2, 0.25) is 0 Å². The van der Waals surface area contributed by atoms with Crippen molar-refractivity contribution in [3.63, 3.8) is 0 Å². The molecule has 87 valence electrons. The second-order valence-corrected chi connectivity index (χ2v) is 3.11. The molecule has 0 rings (SSSR count). The first-order chi connectivity index (χ1) is 6.93. The summed E-state index contributed by atoms with van der Waals surface area (Å²) in [5.74, 6) is -2.33. The van der Waals surface area contributed by atoms with Gasteiger partial charge in [0.15, 0.2) is 0 Å². The summed E-state index contributed by atoms with van der Waals surface area (Å²) in [6.45, 7) is 4.99. The van der Waals surface area contributed by atoms with E-state index >= 15 is 0 Å². The van der Waals surface area contributed by atoms with Gasteiger partial charge in [0.1, 0.15) is 5.78 Å². The van der Waals surface area contributed by atoms with Gasteiger partial charge in [-0.2, -0.15) is 0 Å². The van der Waals surface area contributed by atoms with E-state index in [0.29, 0.717) is 6.42 Å². The average Bonchev–Trinajstić information content (AvgIpc) is 2.10. The van der Waals surface area contributed by atoms with Gasteiger partial charge in [0, 0.05) is 24.4 Å². The number of ketones is 1. The molecule has 16 heavy (non-hydrogen) atoms. The van der Waals surface area contributed by atoms with Crippen molar-refractivity contribution in [3.8, 4) is 0 Å². The summed E-state index contributed by atoms with van der Waals surface area (Å²) in [6.07, 6.45) is -0.211. The van der Waals surface area contributed by atoms with Crippen LogP contribution in [0.5, 0.6) is 0 Å². The van der Waals surface area contributed by atoms with Gasteiger partial charge in [0.2, 0.25) is 0 Å². The van der Waals surface area contributed by atoms with Crippen molar-refractivity contribution < 1.29 is 45.9 Å². The molecule has 0 atom stereocenters. The Bertz CT molecular complexity index is 285. The average molecular weight is 261 g/mol. The molecule has 0 aromatic carbocycles. The molecule has 5 nitrogen and oxygen atoms in total. The quantitative estimate of drug-likeness (QED) is 0.204. The molecule has 6 heteroatoms. The van der Waals surface area contributed by atoms with Gasteiger partial charge in [0.05, 0.1) is 6.61 Å². The van der Waals surface area contributed by atoms with E-state index in [1.165, 1.54) is 6.92 Å². The molecule has 0 aromatic heterocycles. The van der Waals surface area contributed by atoms with Gasteiger partial charge < -0.3 is 14.6 Å². The number of Topliss-reactive ketones (excluding diaryl/α,β-unsaturated/α-hetero) is 1. The van der Waals surface area contributed by atoms with Crippen molar-refractivity contribution in [2.45, 2.75) is 26.2 Å². The van der Waals surface area contributed by atoms with Gasteiger partial charge in [-0.25, -0.2) is 4.79 Å². The summed E-state index contributed by atoms with van der Waals surface area (Å²) < 4.78 is 4.71. The summed E-state index contributed by atoms with van der Waals surface area (Å²) in [4.78, 5) is 31.7. The molecule has 0 aliphatic heterocycles. The number of ether oxygens (including phenoxy) is 1. The van der Waals surface area contributed by atoms with E-state index in [1.54, 1.807) is 0 Å². The number of aliphatic carboxylic acids is 1. The second kappa shape index (κ2) is 9.30. The van der Waals surface area contributed by atoms with Crippen LogP contribution in [0.3, 0.4) is 0 Å². The van der Waals surface area contributed by atoms with Crippen LogP contribution in [0.15, 0.2) is 12.2 Å². The number of hydrogen-bond acceptors (Lipinski definition) is 5. The predicted molar refractivity (Wildman–Crippen MR) is 49.6 cm³/mol. The Labute approximate surface area is 109 Å². The molecule has 0 aliphatic carbocycles. The van der Waals surface area contributed by atoms with Crippen LogP contribution < -0.4 is 5.11 Å². The zero-order valence-corrected chi connectivity index (χ0v) is 10.6. The van der Waals surface area contributed by atoms with Crippen LogP contribution in [-0.4, -0.2) is 24.3 Å². The molecule has 0 amide bonds. The van der Waals surface area contributed by atoms with E-state index in [1.807, 2.05) is 0 Å². The molecular formula is C10H13O5Ti. The molecule has 0 unspecified atom stereocenters. The smallest absolute Gasteiger partial charge is 0.550 e. The normalized spacial score (nSPS) is 8.81. The van der Waals surface area contributed by atoms with Gasteiger partial charge in [0.25, 0.3) is 0 Å². The molecule has 0 bridgehead atoms. The zero-order valence-electron chi connectivity index (χ0n) is 9.08. The van der Waals surface area contributed by atoms with E-state index in [9.17, 15) is 19.5 Å². The third kappa shape index (κ3) is 9.61. The molecular weight excluding hydrogens is 248 g/mol. The summed E-state index contributed by atoms with van der Waals surface area (Å²) >= 11 is 0. The molecule has 0 spiro atoms. The van der Waals surface area contributed by atoms with Gasteiger partial charge in [-0.3, -0.25) is 4.79 Å². The third-order valence-corrected chi connectivity index (χ3v) is 1.52. The van der Waals surface area contributed by atoms with Crippen LogP contribution in [0.1, 0.15) is 26.2 Å². The Balaban J connectivity index is 0. The first-order valence-corrected chi connectivity index (χ1v) is 4.47. The Morgan fingerprint density at radius 2 is 1.88 bits per heavy atom. The van der Waals surface area contributed by atoms with Crippen LogP contribution in [0, 0.1) is 0 Å². The summed E-state index contributed by atoms with van der Waals surface area (Å²) in [5, 5.41) is 10.0. The fourth-order valence-electron chi connectivity index (χ4n) is 0.807. The maximum atomic E-state index is 10.9. The van der Waals surface area contributed by atoms with Crippen LogP contribution >= 0.6 is 0 Å². The maximum Gasteiger partial charge on any atom is 1.00 e. The minimum absolute atomic E-state index is 0. The van der Waals surface area contributed by atoms with Gasteiger partial charge in [-0.15, -0.1) is 0 Å². The molecule has 1 radical (unpaired) electrons. The van der Waals surface area contributed by atoms with Crippen LogP contribution in [0.4, 0.5) is 0 Å². The molecule has 0 aliphatic rings. The maximum absolute atomic E-state index is 10.9. The number of carboxylic acid groups (broad SMARTS) is 1. The fraction of sp³-hybridized carbons (Fsp3) is 0.500. The van der Waals surface area contributed by atoms with Crippen molar-refractivity contribution in [1.82, 2.24) is 0 Å².